The van der Waals surface area contributed by atoms with Crippen LogP contribution in [-0.2, 0) is 5.41 Å². The second-order valence-electron chi connectivity index (χ2n) is 15.1. The first kappa shape index (κ1) is 31.1. The van der Waals surface area contributed by atoms with Gasteiger partial charge in [-0.1, -0.05) is 170 Å². The number of hydrogen-bond acceptors (Lipinski definition) is 1. The van der Waals surface area contributed by atoms with E-state index in [4.69, 9.17) is 4.98 Å². The van der Waals surface area contributed by atoms with E-state index in [-0.39, 0.29) is 0 Å². The molecule has 2 nitrogen and oxygen atoms in total. The van der Waals surface area contributed by atoms with Gasteiger partial charge in [-0.05, 0) is 92.0 Å². The lowest BCUT2D eigenvalue weighted by molar-refractivity contribution is 0.749. The standard InChI is InChI=1S/C54H34N2/c1-3-15-37(16-4-1)49-33-40(34-50(55-49)38-17-5-2-6-18-38)36-29-27-35(28-30-36)39-31-44-43-21-9-13-25-51(43)56-52-26-14-12-24-47(52)54(48(32-39)53(44)56)45-22-10-7-19-41(45)42-20-8-11-23-46(42)54/h1-34H. The molecular formula is C54H34N2. The lowest BCUT2D eigenvalue weighted by Gasteiger charge is -2.39. The highest BCUT2D eigenvalue weighted by molar-refractivity contribution is 6.14. The highest BCUT2D eigenvalue weighted by Crippen LogP contribution is 2.61. The fraction of sp³-hybridized carbons (Fsp3) is 0.0185. The highest BCUT2D eigenvalue weighted by Gasteiger charge is 2.50. The number of hydrogen-bond donors (Lipinski definition) is 0. The van der Waals surface area contributed by atoms with Gasteiger partial charge >= 0.3 is 0 Å². The summed E-state index contributed by atoms with van der Waals surface area (Å²) < 4.78 is 2.52. The average Bonchev–Trinajstić information content (AvgIpc) is 3.77. The largest absolute Gasteiger partial charge is 0.309 e. The molecule has 2 heteroatoms. The molecule has 0 atom stereocenters. The Morgan fingerprint density at radius 3 is 1.46 bits per heavy atom. The molecule has 2 aliphatic rings. The van der Waals surface area contributed by atoms with Gasteiger partial charge in [-0.3, -0.25) is 0 Å². The maximum atomic E-state index is 5.13. The van der Waals surface area contributed by atoms with Gasteiger partial charge in [-0.25, -0.2) is 4.98 Å². The molecule has 2 aromatic heterocycles. The minimum absolute atomic E-state index is 0.471. The molecule has 8 aromatic carbocycles. The van der Waals surface area contributed by atoms with Crippen LogP contribution in [-0.4, -0.2) is 9.55 Å². The van der Waals surface area contributed by atoms with Crippen LogP contribution >= 0.6 is 0 Å². The van der Waals surface area contributed by atoms with E-state index in [1.165, 1.54) is 72.0 Å². The molecule has 0 saturated carbocycles. The lowest BCUT2D eigenvalue weighted by Crippen LogP contribution is -2.33. The van der Waals surface area contributed by atoms with E-state index in [1.807, 2.05) is 0 Å². The number of para-hydroxylation sites is 2. The van der Waals surface area contributed by atoms with Gasteiger partial charge in [0.25, 0.3) is 0 Å². The Morgan fingerprint density at radius 2 is 0.839 bits per heavy atom. The van der Waals surface area contributed by atoms with Crippen LogP contribution in [0, 0.1) is 0 Å². The number of nitrogens with zero attached hydrogens (tertiary/aromatic N) is 2. The minimum Gasteiger partial charge on any atom is -0.309 e. The Balaban J connectivity index is 1.09. The predicted molar refractivity (Wildman–Crippen MR) is 231 cm³/mol. The molecule has 0 unspecified atom stereocenters. The van der Waals surface area contributed by atoms with Crippen molar-refractivity contribution in [2.45, 2.75) is 5.41 Å². The molecule has 1 aliphatic carbocycles. The number of rotatable bonds is 4. The topological polar surface area (TPSA) is 17.8 Å². The highest BCUT2D eigenvalue weighted by atomic mass is 15.0. The monoisotopic (exact) mass is 710 g/mol. The fourth-order valence-electron chi connectivity index (χ4n) is 9.81. The van der Waals surface area contributed by atoms with E-state index in [9.17, 15) is 0 Å². The Hall–Kier alpha value is -7.29. The summed E-state index contributed by atoms with van der Waals surface area (Å²) >= 11 is 0. The van der Waals surface area contributed by atoms with E-state index in [2.05, 4.69) is 211 Å². The van der Waals surface area contributed by atoms with Crippen LogP contribution in [0.25, 0.3) is 83.4 Å². The van der Waals surface area contributed by atoms with Crippen molar-refractivity contribution in [3.63, 3.8) is 0 Å². The van der Waals surface area contributed by atoms with Crippen LogP contribution in [0.5, 0.6) is 0 Å². The summed E-state index contributed by atoms with van der Waals surface area (Å²) in [5, 5.41) is 2.55. The van der Waals surface area contributed by atoms with Gasteiger partial charge in [-0.15, -0.1) is 0 Å². The van der Waals surface area contributed by atoms with Gasteiger partial charge in [0.15, 0.2) is 0 Å². The Morgan fingerprint density at radius 1 is 0.339 bits per heavy atom. The molecule has 0 saturated heterocycles. The SMILES string of the molecule is c1ccc(-c2cc(-c3ccc(-c4cc5c6c(c4)c4ccccc4n6-c4ccccc4C54c5ccccc5-c5ccccc54)cc3)cc(-c3ccccc3)n2)cc1. The van der Waals surface area contributed by atoms with Crippen molar-refractivity contribution in [3.8, 4) is 61.6 Å². The molecule has 0 radical (unpaired) electrons. The zero-order chi connectivity index (χ0) is 36.8. The third-order valence-electron chi connectivity index (χ3n) is 12.2. The quantitative estimate of drug-likeness (QED) is 0.178. The van der Waals surface area contributed by atoms with E-state index < -0.39 is 5.41 Å². The maximum absolute atomic E-state index is 5.13. The summed E-state index contributed by atoms with van der Waals surface area (Å²) in [5.74, 6) is 0. The average molecular weight is 711 g/mol. The number of aromatic nitrogens is 2. The normalized spacial score (nSPS) is 13.1. The van der Waals surface area contributed by atoms with Gasteiger partial charge in [0.05, 0.1) is 33.5 Å². The van der Waals surface area contributed by atoms with Crippen molar-refractivity contribution in [3.05, 3.63) is 229 Å². The first-order chi connectivity index (χ1) is 27.8. The van der Waals surface area contributed by atoms with Crippen molar-refractivity contribution >= 4 is 21.8 Å². The van der Waals surface area contributed by atoms with E-state index in [1.54, 1.807) is 0 Å². The van der Waals surface area contributed by atoms with E-state index in [0.29, 0.717) is 0 Å². The van der Waals surface area contributed by atoms with E-state index >= 15 is 0 Å². The van der Waals surface area contributed by atoms with E-state index in [0.717, 1.165) is 33.6 Å². The van der Waals surface area contributed by atoms with Gasteiger partial charge in [-0.2, -0.15) is 0 Å². The van der Waals surface area contributed by atoms with Crippen molar-refractivity contribution in [2.24, 2.45) is 0 Å². The smallest absolute Gasteiger partial charge is 0.0754 e. The molecule has 0 bridgehead atoms. The molecule has 260 valence electrons. The molecule has 12 rings (SSSR count). The molecule has 0 N–H and O–H groups in total. The molecule has 10 aromatic rings. The predicted octanol–water partition coefficient (Wildman–Crippen LogP) is 13.5. The fourth-order valence-corrected chi connectivity index (χ4v) is 9.81. The van der Waals surface area contributed by atoms with Crippen LogP contribution in [0.15, 0.2) is 206 Å². The third kappa shape index (κ3) is 4.30. The Labute approximate surface area is 325 Å². The summed E-state index contributed by atoms with van der Waals surface area (Å²) in [6.07, 6.45) is 0. The molecular weight excluding hydrogens is 677 g/mol. The molecule has 1 spiro atoms. The van der Waals surface area contributed by atoms with Crippen molar-refractivity contribution < 1.29 is 0 Å². The molecule has 0 amide bonds. The van der Waals surface area contributed by atoms with Crippen LogP contribution in [0.4, 0.5) is 0 Å². The number of pyridine rings is 1. The van der Waals surface area contributed by atoms with Crippen LogP contribution in [0.2, 0.25) is 0 Å². The van der Waals surface area contributed by atoms with Gasteiger partial charge < -0.3 is 4.57 Å². The van der Waals surface area contributed by atoms with Crippen LogP contribution < -0.4 is 0 Å². The van der Waals surface area contributed by atoms with Crippen molar-refractivity contribution in [2.75, 3.05) is 0 Å². The summed E-state index contributed by atoms with van der Waals surface area (Å²) in [7, 11) is 0. The van der Waals surface area contributed by atoms with Gasteiger partial charge in [0.2, 0.25) is 0 Å². The lowest BCUT2D eigenvalue weighted by atomic mass is 9.65. The molecule has 56 heavy (non-hydrogen) atoms. The second kappa shape index (κ2) is 11.9. The zero-order valence-corrected chi connectivity index (χ0v) is 30.5. The number of fused-ring (bicyclic) bond motifs is 12. The third-order valence-corrected chi connectivity index (χ3v) is 12.2. The van der Waals surface area contributed by atoms with Crippen molar-refractivity contribution in [1.29, 1.82) is 0 Å². The summed E-state index contributed by atoms with van der Waals surface area (Å²) in [5.41, 5.74) is 20.1. The molecule has 0 fully saturated rings. The Bertz CT molecular complexity index is 3070. The first-order valence-corrected chi connectivity index (χ1v) is 19.4. The van der Waals surface area contributed by atoms with Crippen LogP contribution in [0.3, 0.4) is 0 Å². The number of benzene rings is 8. The summed E-state index contributed by atoms with van der Waals surface area (Å²) in [6, 6.07) is 75.6. The summed E-state index contributed by atoms with van der Waals surface area (Å²) in [6.45, 7) is 0. The molecule has 1 aliphatic heterocycles. The summed E-state index contributed by atoms with van der Waals surface area (Å²) in [4.78, 5) is 5.13. The first-order valence-electron chi connectivity index (χ1n) is 19.4. The molecule has 3 heterocycles. The Kier molecular flexibility index (Phi) is 6.58. The zero-order valence-electron chi connectivity index (χ0n) is 30.5. The van der Waals surface area contributed by atoms with Gasteiger partial charge in [0, 0.05) is 21.9 Å². The van der Waals surface area contributed by atoms with Crippen LogP contribution in [0.1, 0.15) is 22.3 Å². The minimum atomic E-state index is -0.471. The maximum Gasteiger partial charge on any atom is 0.0754 e. The second-order valence-corrected chi connectivity index (χ2v) is 15.1. The van der Waals surface area contributed by atoms with Crippen molar-refractivity contribution in [1.82, 2.24) is 9.55 Å². The van der Waals surface area contributed by atoms with Gasteiger partial charge in [0.1, 0.15) is 0 Å².